The maximum absolute atomic E-state index is 12.0. The Hall–Kier alpha value is -1.06. The first-order valence-corrected chi connectivity index (χ1v) is 7.56. The molecule has 0 saturated heterocycles. The van der Waals surface area contributed by atoms with Crippen LogP contribution in [-0.2, 0) is 16.0 Å². The lowest BCUT2D eigenvalue weighted by Gasteiger charge is -2.26. The SMILES string of the molecule is CCc1ccc(Cl)c(C)c1N(COCC1CC1)C(C)=O. The third-order valence-corrected chi connectivity index (χ3v) is 4.16. The summed E-state index contributed by atoms with van der Waals surface area (Å²) in [6, 6.07) is 3.88. The van der Waals surface area contributed by atoms with Crippen LogP contribution in [0.1, 0.15) is 37.8 Å². The van der Waals surface area contributed by atoms with Crippen molar-refractivity contribution in [2.24, 2.45) is 5.92 Å². The number of ether oxygens (including phenoxy) is 1. The second-order valence-electron chi connectivity index (χ2n) is 5.42. The van der Waals surface area contributed by atoms with Crippen molar-refractivity contribution in [1.82, 2.24) is 0 Å². The summed E-state index contributed by atoms with van der Waals surface area (Å²) in [7, 11) is 0. The molecule has 0 N–H and O–H groups in total. The fourth-order valence-electron chi connectivity index (χ4n) is 2.30. The normalized spacial score (nSPS) is 14.4. The summed E-state index contributed by atoms with van der Waals surface area (Å²) in [6.07, 6.45) is 3.35. The van der Waals surface area contributed by atoms with Gasteiger partial charge in [-0.15, -0.1) is 0 Å². The largest absolute Gasteiger partial charge is 0.360 e. The maximum Gasteiger partial charge on any atom is 0.225 e. The molecule has 0 aromatic heterocycles. The monoisotopic (exact) mass is 295 g/mol. The Morgan fingerprint density at radius 3 is 2.70 bits per heavy atom. The Balaban J connectivity index is 2.22. The highest BCUT2D eigenvalue weighted by atomic mass is 35.5. The summed E-state index contributed by atoms with van der Waals surface area (Å²) in [6.45, 7) is 6.65. The molecule has 110 valence electrons. The van der Waals surface area contributed by atoms with E-state index in [0.717, 1.165) is 29.8 Å². The zero-order chi connectivity index (χ0) is 14.7. The van der Waals surface area contributed by atoms with Gasteiger partial charge >= 0.3 is 0 Å². The summed E-state index contributed by atoms with van der Waals surface area (Å²) in [5, 5.41) is 0.686. The Labute approximate surface area is 125 Å². The van der Waals surface area contributed by atoms with Gasteiger partial charge in [-0.2, -0.15) is 0 Å². The van der Waals surface area contributed by atoms with E-state index in [9.17, 15) is 4.79 Å². The van der Waals surface area contributed by atoms with Gasteiger partial charge in [-0.1, -0.05) is 24.6 Å². The van der Waals surface area contributed by atoms with Crippen LogP contribution in [0.15, 0.2) is 12.1 Å². The number of halogens is 1. The van der Waals surface area contributed by atoms with Gasteiger partial charge in [0.25, 0.3) is 0 Å². The van der Waals surface area contributed by atoms with E-state index in [-0.39, 0.29) is 5.91 Å². The first-order chi connectivity index (χ1) is 9.54. The van der Waals surface area contributed by atoms with E-state index in [4.69, 9.17) is 16.3 Å². The highest BCUT2D eigenvalue weighted by molar-refractivity contribution is 6.31. The van der Waals surface area contributed by atoms with Crippen molar-refractivity contribution in [3.63, 3.8) is 0 Å². The second kappa shape index (κ2) is 6.59. The molecule has 1 aromatic rings. The lowest BCUT2D eigenvalue weighted by Crippen LogP contribution is -2.33. The maximum atomic E-state index is 12.0. The lowest BCUT2D eigenvalue weighted by molar-refractivity contribution is -0.117. The second-order valence-corrected chi connectivity index (χ2v) is 5.83. The Morgan fingerprint density at radius 1 is 1.45 bits per heavy atom. The number of anilines is 1. The number of benzene rings is 1. The van der Waals surface area contributed by atoms with Crippen LogP contribution >= 0.6 is 11.6 Å². The standard InChI is InChI=1S/C16H22ClNO2/c1-4-14-7-8-15(17)11(2)16(14)18(12(3)19)10-20-9-13-5-6-13/h7-8,13H,4-6,9-10H2,1-3H3. The minimum Gasteiger partial charge on any atom is -0.360 e. The predicted molar refractivity (Wildman–Crippen MR) is 82.3 cm³/mol. The van der Waals surface area contributed by atoms with Crippen molar-refractivity contribution in [3.05, 3.63) is 28.3 Å². The van der Waals surface area contributed by atoms with Crippen LogP contribution in [0.25, 0.3) is 0 Å². The van der Waals surface area contributed by atoms with E-state index in [1.807, 2.05) is 19.1 Å². The Kier molecular flexibility index (Phi) is 5.06. The molecule has 0 atom stereocenters. The lowest BCUT2D eigenvalue weighted by atomic mass is 10.0. The minimum absolute atomic E-state index is 0.0131. The van der Waals surface area contributed by atoms with Crippen molar-refractivity contribution in [2.45, 2.75) is 40.0 Å². The highest BCUT2D eigenvalue weighted by Crippen LogP contribution is 2.32. The van der Waals surface area contributed by atoms with Gasteiger partial charge in [-0.25, -0.2) is 0 Å². The third kappa shape index (κ3) is 3.53. The number of aryl methyl sites for hydroxylation is 1. The molecule has 0 unspecified atom stereocenters. The van der Waals surface area contributed by atoms with Crippen molar-refractivity contribution >= 4 is 23.2 Å². The molecule has 1 saturated carbocycles. The van der Waals surface area contributed by atoms with Crippen LogP contribution in [0.2, 0.25) is 5.02 Å². The smallest absolute Gasteiger partial charge is 0.225 e. The average molecular weight is 296 g/mol. The molecule has 0 aliphatic heterocycles. The van der Waals surface area contributed by atoms with Crippen LogP contribution in [0.4, 0.5) is 5.69 Å². The molecule has 20 heavy (non-hydrogen) atoms. The van der Waals surface area contributed by atoms with Gasteiger partial charge in [0, 0.05) is 11.9 Å². The molecule has 4 heteroatoms. The fraction of sp³-hybridized carbons (Fsp3) is 0.562. The van der Waals surface area contributed by atoms with Gasteiger partial charge in [0.2, 0.25) is 5.91 Å². The molecule has 3 nitrogen and oxygen atoms in total. The van der Waals surface area contributed by atoms with Gasteiger partial charge in [0.05, 0.1) is 12.3 Å². The minimum atomic E-state index is -0.0131. The first-order valence-electron chi connectivity index (χ1n) is 7.18. The quantitative estimate of drug-likeness (QED) is 0.744. The summed E-state index contributed by atoms with van der Waals surface area (Å²) < 4.78 is 5.69. The van der Waals surface area contributed by atoms with Gasteiger partial charge in [0.15, 0.2) is 0 Å². The number of hydrogen-bond acceptors (Lipinski definition) is 2. The Bertz CT molecular complexity index is 497. The van der Waals surface area contributed by atoms with Crippen LogP contribution in [0.3, 0.4) is 0 Å². The zero-order valence-corrected chi connectivity index (χ0v) is 13.2. The van der Waals surface area contributed by atoms with Crippen LogP contribution < -0.4 is 4.90 Å². The molecule has 0 bridgehead atoms. The van der Waals surface area contributed by atoms with Gasteiger partial charge < -0.3 is 4.74 Å². The molecule has 0 spiro atoms. The van der Waals surface area contributed by atoms with Crippen LogP contribution in [0, 0.1) is 12.8 Å². The van der Waals surface area contributed by atoms with Crippen molar-refractivity contribution in [2.75, 3.05) is 18.2 Å². The fourth-order valence-corrected chi connectivity index (χ4v) is 2.45. The summed E-state index contributed by atoms with van der Waals surface area (Å²) >= 11 is 6.21. The Morgan fingerprint density at radius 2 is 2.15 bits per heavy atom. The van der Waals surface area contributed by atoms with Crippen molar-refractivity contribution in [3.8, 4) is 0 Å². The average Bonchev–Trinajstić information content (AvgIpc) is 3.22. The summed E-state index contributed by atoms with van der Waals surface area (Å²) in [5.74, 6) is 0.677. The molecular weight excluding hydrogens is 274 g/mol. The van der Waals surface area contributed by atoms with E-state index in [0.29, 0.717) is 17.7 Å². The van der Waals surface area contributed by atoms with Gasteiger partial charge in [0.1, 0.15) is 6.73 Å². The molecule has 2 rings (SSSR count). The van der Waals surface area contributed by atoms with E-state index < -0.39 is 0 Å². The number of nitrogens with zero attached hydrogens (tertiary/aromatic N) is 1. The van der Waals surface area contributed by atoms with Crippen molar-refractivity contribution < 1.29 is 9.53 Å². The summed E-state index contributed by atoms with van der Waals surface area (Å²) in [4.78, 5) is 13.7. The zero-order valence-electron chi connectivity index (χ0n) is 12.4. The molecular formula is C16H22ClNO2. The number of hydrogen-bond donors (Lipinski definition) is 0. The number of amides is 1. The molecule has 1 aliphatic rings. The van der Waals surface area contributed by atoms with Crippen LogP contribution in [0.5, 0.6) is 0 Å². The topological polar surface area (TPSA) is 29.5 Å². The molecule has 1 aliphatic carbocycles. The van der Waals surface area contributed by atoms with Gasteiger partial charge in [-0.05, 0) is 49.3 Å². The van der Waals surface area contributed by atoms with Gasteiger partial charge in [-0.3, -0.25) is 9.69 Å². The van der Waals surface area contributed by atoms with E-state index in [2.05, 4.69) is 6.92 Å². The summed E-state index contributed by atoms with van der Waals surface area (Å²) in [5.41, 5.74) is 2.97. The van der Waals surface area contributed by atoms with Crippen LogP contribution in [-0.4, -0.2) is 19.2 Å². The third-order valence-electron chi connectivity index (χ3n) is 3.75. The number of carbonyl (C=O) groups is 1. The molecule has 1 aromatic carbocycles. The number of rotatable bonds is 6. The molecule has 0 heterocycles. The van der Waals surface area contributed by atoms with E-state index in [1.165, 1.54) is 12.8 Å². The first kappa shape index (κ1) is 15.3. The predicted octanol–water partition coefficient (Wildman–Crippen LogP) is 3.95. The molecule has 0 radical (unpaired) electrons. The highest BCUT2D eigenvalue weighted by Gasteiger charge is 2.23. The molecule has 1 amide bonds. The van der Waals surface area contributed by atoms with E-state index >= 15 is 0 Å². The molecule has 1 fully saturated rings. The van der Waals surface area contributed by atoms with E-state index in [1.54, 1.807) is 11.8 Å². The van der Waals surface area contributed by atoms with Crippen molar-refractivity contribution in [1.29, 1.82) is 0 Å². The number of carbonyl (C=O) groups excluding carboxylic acids is 1.